The van der Waals surface area contributed by atoms with Crippen LogP contribution in [0.15, 0.2) is 68.6 Å². The summed E-state index contributed by atoms with van der Waals surface area (Å²) in [5.41, 5.74) is 4.40. The van der Waals surface area contributed by atoms with Gasteiger partial charge in [-0.1, -0.05) is 28.1 Å². The lowest BCUT2D eigenvalue weighted by atomic mass is 10.2. The minimum atomic E-state index is -0.492. The van der Waals surface area contributed by atoms with Crippen LogP contribution < -0.4 is 29.7 Å². The number of carbonyl (C=O) groups is 2. The van der Waals surface area contributed by atoms with Crippen molar-refractivity contribution in [3.8, 4) is 23.0 Å². The number of hydrogen-bond acceptors (Lipinski definition) is 7. The Morgan fingerprint density at radius 2 is 1.66 bits per heavy atom. The van der Waals surface area contributed by atoms with E-state index in [1.807, 2.05) is 31.2 Å². The van der Waals surface area contributed by atoms with E-state index in [0.717, 1.165) is 10.0 Å². The zero-order valence-electron chi connectivity index (χ0n) is 21.0. The zero-order chi connectivity index (χ0) is 27.5. The molecule has 2 amide bonds. The van der Waals surface area contributed by atoms with Crippen LogP contribution in [-0.2, 0) is 11.4 Å². The summed E-state index contributed by atoms with van der Waals surface area (Å²) in [4.78, 5) is 24.6. The van der Waals surface area contributed by atoms with Crippen molar-refractivity contribution in [1.29, 1.82) is 0 Å². The minimum absolute atomic E-state index is 0.263. The quantitative estimate of drug-likeness (QED) is 0.209. The van der Waals surface area contributed by atoms with Gasteiger partial charge in [-0.15, -0.1) is 0 Å². The normalized spacial score (nSPS) is 10.7. The largest absolute Gasteiger partial charge is 0.493 e. The average Bonchev–Trinajstić information content (AvgIpc) is 2.92. The number of benzene rings is 3. The molecule has 0 aromatic heterocycles. The Morgan fingerprint density at radius 1 is 0.921 bits per heavy atom. The number of methoxy groups -OCH3 is 2. The zero-order valence-corrected chi connectivity index (χ0v) is 24.2. The second-order valence-corrected chi connectivity index (χ2v) is 9.49. The summed E-state index contributed by atoms with van der Waals surface area (Å²) in [5.74, 6) is 1.08. The van der Waals surface area contributed by atoms with Crippen molar-refractivity contribution in [3.63, 3.8) is 0 Å². The lowest BCUT2D eigenvalue weighted by Gasteiger charge is -2.14. The number of nitrogens with one attached hydrogen (secondary N) is 2. The van der Waals surface area contributed by atoms with E-state index in [1.54, 1.807) is 24.3 Å². The third kappa shape index (κ3) is 8.22. The summed E-state index contributed by atoms with van der Waals surface area (Å²) in [7, 11) is 2.98. The van der Waals surface area contributed by atoms with Crippen LogP contribution >= 0.6 is 31.9 Å². The Hall–Kier alpha value is -3.57. The van der Waals surface area contributed by atoms with Gasteiger partial charge in [-0.25, -0.2) is 5.43 Å². The molecule has 0 bridgehead atoms. The van der Waals surface area contributed by atoms with Crippen molar-refractivity contribution in [2.45, 2.75) is 13.5 Å². The molecule has 0 saturated heterocycles. The van der Waals surface area contributed by atoms with Crippen molar-refractivity contribution < 1.29 is 28.5 Å². The predicted octanol–water partition coefficient (Wildman–Crippen LogP) is 5.09. The fourth-order valence-corrected chi connectivity index (χ4v) is 4.10. The smallest absolute Gasteiger partial charge is 0.259 e. The van der Waals surface area contributed by atoms with Gasteiger partial charge in [0.05, 0.1) is 38.1 Å². The van der Waals surface area contributed by atoms with Crippen LogP contribution in [0.3, 0.4) is 0 Å². The number of ether oxygens (including phenoxy) is 4. The van der Waals surface area contributed by atoms with Crippen LogP contribution in [0.4, 0.5) is 0 Å². The lowest BCUT2D eigenvalue weighted by Crippen LogP contribution is -2.34. The highest BCUT2D eigenvalue weighted by atomic mass is 79.9. The molecule has 0 aliphatic carbocycles. The molecular weight excluding hydrogens is 622 g/mol. The Kier molecular flexibility index (Phi) is 11.0. The highest BCUT2D eigenvalue weighted by molar-refractivity contribution is 9.10. The summed E-state index contributed by atoms with van der Waals surface area (Å²) in [6.45, 7) is 2.42. The first-order valence-electron chi connectivity index (χ1n) is 11.5. The van der Waals surface area contributed by atoms with E-state index >= 15 is 0 Å². The molecule has 0 fully saturated rings. The number of nitrogens with zero attached hydrogens (tertiary/aromatic N) is 1. The fraction of sp³-hybridized carbons (Fsp3) is 0.222. The predicted molar refractivity (Wildman–Crippen MR) is 151 cm³/mol. The number of halogens is 2. The van der Waals surface area contributed by atoms with Crippen LogP contribution in [0.2, 0.25) is 0 Å². The van der Waals surface area contributed by atoms with Gasteiger partial charge in [0.25, 0.3) is 11.8 Å². The Balaban J connectivity index is 1.57. The van der Waals surface area contributed by atoms with Crippen molar-refractivity contribution in [3.05, 3.63) is 80.2 Å². The first-order valence-corrected chi connectivity index (χ1v) is 13.1. The van der Waals surface area contributed by atoms with Crippen LogP contribution in [0.1, 0.15) is 28.4 Å². The molecule has 9 nitrogen and oxygen atoms in total. The third-order valence-corrected chi connectivity index (χ3v) is 6.20. The number of carbonyl (C=O) groups excluding carboxylic acids is 2. The monoisotopic (exact) mass is 647 g/mol. The van der Waals surface area contributed by atoms with Gasteiger partial charge in [0.1, 0.15) is 6.61 Å². The molecule has 0 unspecified atom stereocenters. The van der Waals surface area contributed by atoms with Gasteiger partial charge in [-0.3, -0.25) is 9.59 Å². The average molecular weight is 649 g/mol. The van der Waals surface area contributed by atoms with E-state index in [1.165, 1.54) is 26.5 Å². The molecular formula is C27H27Br2N3O6. The summed E-state index contributed by atoms with van der Waals surface area (Å²) in [5, 5.41) is 6.52. The molecule has 38 heavy (non-hydrogen) atoms. The van der Waals surface area contributed by atoms with Crippen molar-refractivity contribution in [1.82, 2.24) is 10.7 Å². The van der Waals surface area contributed by atoms with Gasteiger partial charge in [0, 0.05) is 10.0 Å². The molecule has 0 atom stereocenters. The molecule has 3 aromatic carbocycles. The molecule has 2 N–H and O–H groups in total. The van der Waals surface area contributed by atoms with Crippen LogP contribution in [0.25, 0.3) is 0 Å². The maximum absolute atomic E-state index is 12.4. The van der Waals surface area contributed by atoms with Crippen LogP contribution in [-0.4, -0.2) is 45.4 Å². The van der Waals surface area contributed by atoms with E-state index in [0.29, 0.717) is 51.8 Å². The number of rotatable bonds is 12. The van der Waals surface area contributed by atoms with Gasteiger partial charge in [0.2, 0.25) is 0 Å². The molecule has 0 aliphatic rings. The molecule has 0 saturated carbocycles. The SMILES string of the molecule is CCOc1cc(/C=N/NC(=O)CNC(=O)c2ccc(OC)c(OC)c2)cc(Br)c1OCc1ccc(Br)cc1. The molecule has 0 radical (unpaired) electrons. The van der Waals surface area contributed by atoms with Gasteiger partial charge < -0.3 is 24.3 Å². The van der Waals surface area contributed by atoms with Gasteiger partial charge in [-0.05, 0) is 76.4 Å². The van der Waals surface area contributed by atoms with E-state index < -0.39 is 11.8 Å². The fourth-order valence-electron chi connectivity index (χ4n) is 3.26. The standard InChI is InChI=1S/C27H27Br2N3O6/c1-4-37-24-12-18(11-21(29)26(24)38-16-17-5-8-20(28)9-6-17)14-31-32-25(33)15-30-27(34)19-7-10-22(35-2)23(13-19)36-3/h5-14H,4,15-16H2,1-3H3,(H,30,34)(H,32,33)/b31-14+. The van der Waals surface area contributed by atoms with E-state index in [2.05, 4.69) is 47.7 Å². The first kappa shape index (κ1) is 29.0. The Labute approximate surface area is 237 Å². The second-order valence-electron chi connectivity index (χ2n) is 7.72. The maximum Gasteiger partial charge on any atom is 0.259 e. The van der Waals surface area contributed by atoms with Crippen molar-refractivity contribution in [2.75, 3.05) is 27.4 Å². The van der Waals surface area contributed by atoms with Crippen molar-refractivity contribution in [2.24, 2.45) is 5.10 Å². The first-order chi connectivity index (χ1) is 18.3. The van der Waals surface area contributed by atoms with Gasteiger partial charge in [-0.2, -0.15) is 5.10 Å². The number of hydrazone groups is 1. The number of hydrogen-bond donors (Lipinski definition) is 2. The topological polar surface area (TPSA) is 107 Å². The summed E-state index contributed by atoms with van der Waals surface area (Å²) < 4.78 is 23.8. The minimum Gasteiger partial charge on any atom is -0.493 e. The van der Waals surface area contributed by atoms with Gasteiger partial charge in [0.15, 0.2) is 23.0 Å². The van der Waals surface area contributed by atoms with Gasteiger partial charge >= 0.3 is 0 Å². The van der Waals surface area contributed by atoms with Crippen LogP contribution in [0.5, 0.6) is 23.0 Å². The molecule has 3 aromatic rings. The highest BCUT2D eigenvalue weighted by Gasteiger charge is 2.14. The van der Waals surface area contributed by atoms with E-state index in [9.17, 15) is 9.59 Å². The summed E-state index contributed by atoms with van der Waals surface area (Å²) >= 11 is 6.95. The molecule has 0 heterocycles. The lowest BCUT2D eigenvalue weighted by molar-refractivity contribution is -0.120. The van der Waals surface area contributed by atoms with E-state index in [4.69, 9.17) is 18.9 Å². The molecule has 0 aliphatic heterocycles. The Morgan fingerprint density at radius 3 is 2.34 bits per heavy atom. The summed E-state index contributed by atoms with van der Waals surface area (Å²) in [6, 6.07) is 16.1. The van der Waals surface area contributed by atoms with E-state index in [-0.39, 0.29) is 6.54 Å². The highest BCUT2D eigenvalue weighted by Crippen LogP contribution is 2.37. The molecule has 0 spiro atoms. The Bertz CT molecular complexity index is 1300. The van der Waals surface area contributed by atoms with Crippen molar-refractivity contribution >= 4 is 49.9 Å². The molecule has 3 rings (SSSR count). The maximum atomic E-state index is 12.4. The second kappa shape index (κ2) is 14.4. The summed E-state index contributed by atoms with van der Waals surface area (Å²) in [6.07, 6.45) is 1.47. The third-order valence-electron chi connectivity index (χ3n) is 5.09. The molecule has 11 heteroatoms. The molecule has 200 valence electrons. The number of amides is 2. The van der Waals surface area contributed by atoms with Crippen LogP contribution in [0, 0.1) is 0 Å².